The number of aromatic nitrogens is 2. The Hall–Kier alpha value is -1.77. The maximum absolute atomic E-state index is 6.03. The molecule has 0 bridgehead atoms. The number of benzene rings is 1. The fraction of sp³-hybridized carbons (Fsp3) is 0.357. The molecule has 1 aliphatic heterocycles. The van der Waals surface area contributed by atoms with Crippen molar-refractivity contribution in [3.63, 3.8) is 0 Å². The Morgan fingerprint density at radius 1 is 1.35 bits per heavy atom. The average Bonchev–Trinajstić information content (AvgIpc) is 2.75. The van der Waals surface area contributed by atoms with Crippen molar-refractivity contribution >= 4 is 5.69 Å². The number of fused-ring (bicyclic) bond motifs is 1. The van der Waals surface area contributed by atoms with Gasteiger partial charge in [0, 0.05) is 29.7 Å². The number of para-hydroxylation sites is 1. The Morgan fingerprint density at radius 3 is 3.00 bits per heavy atom. The SMILES string of the molecule is CC1CCCn2c1cnc2-c1ccccc1N. The topological polar surface area (TPSA) is 43.8 Å². The first kappa shape index (κ1) is 10.4. The molecule has 3 nitrogen and oxygen atoms in total. The third kappa shape index (κ3) is 1.62. The zero-order chi connectivity index (χ0) is 11.8. The van der Waals surface area contributed by atoms with E-state index in [2.05, 4.69) is 16.5 Å². The highest BCUT2D eigenvalue weighted by Crippen LogP contribution is 2.32. The van der Waals surface area contributed by atoms with Crippen LogP contribution in [0.2, 0.25) is 0 Å². The standard InChI is InChI=1S/C14H17N3/c1-10-5-4-8-17-13(10)9-16-14(17)11-6-2-3-7-12(11)15/h2-3,6-7,9-10H,4-5,8,15H2,1H3. The summed E-state index contributed by atoms with van der Waals surface area (Å²) in [6.45, 7) is 3.33. The fourth-order valence-corrected chi connectivity index (χ4v) is 2.64. The van der Waals surface area contributed by atoms with E-state index < -0.39 is 0 Å². The quantitative estimate of drug-likeness (QED) is 0.761. The number of anilines is 1. The van der Waals surface area contributed by atoms with Crippen molar-refractivity contribution in [3.05, 3.63) is 36.2 Å². The second-order valence-electron chi connectivity index (χ2n) is 4.79. The van der Waals surface area contributed by atoms with Crippen molar-refractivity contribution < 1.29 is 0 Å². The van der Waals surface area contributed by atoms with Crippen LogP contribution in [-0.2, 0) is 6.54 Å². The van der Waals surface area contributed by atoms with Crippen LogP contribution in [0, 0.1) is 0 Å². The molecule has 17 heavy (non-hydrogen) atoms. The van der Waals surface area contributed by atoms with Gasteiger partial charge < -0.3 is 10.3 Å². The molecule has 3 rings (SSSR count). The Labute approximate surface area is 101 Å². The molecular formula is C14H17N3. The van der Waals surface area contributed by atoms with E-state index in [9.17, 15) is 0 Å². The molecule has 0 fully saturated rings. The van der Waals surface area contributed by atoms with E-state index in [1.165, 1.54) is 18.5 Å². The molecule has 0 saturated heterocycles. The van der Waals surface area contributed by atoms with Gasteiger partial charge >= 0.3 is 0 Å². The lowest BCUT2D eigenvalue weighted by Gasteiger charge is -2.22. The van der Waals surface area contributed by atoms with E-state index in [0.29, 0.717) is 5.92 Å². The summed E-state index contributed by atoms with van der Waals surface area (Å²) >= 11 is 0. The van der Waals surface area contributed by atoms with E-state index in [4.69, 9.17) is 5.73 Å². The van der Waals surface area contributed by atoms with Crippen molar-refractivity contribution in [2.45, 2.75) is 32.2 Å². The van der Waals surface area contributed by atoms with Crippen molar-refractivity contribution in [2.75, 3.05) is 5.73 Å². The van der Waals surface area contributed by atoms with Crippen molar-refractivity contribution in [3.8, 4) is 11.4 Å². The molecule has 0 amide bonds. The number of rotatable bonds is 1. The third-order valence-corrected chi connectivity index (χ3v) is 3.61. The summed E-state index contributed by atoms with van der Waals surface area (Å²) < 4.78 is 2.32. The number of hydrogen-bond donors (Lipinski definition) is 1. The van der Waals surface area contributed by atoms with Crippen LogP contribution in [0.5, 0.6) is 0 Å². The lowest BCUT2D eigenvalue weighted by molar-refractivity contribution is 0.478. The lowest BCUT2D eigenvalue weighted by atomic mass is 9.98. The molecule has 0 radical (unpaired) electrons. The summed E-state index contributed by atoms with van der Waals surface area (Å²) in [5.41, 5.74) is 9.22. The van der Waals surface area contributed by atoms with E-state index in [0.717, 1.165) is 23.6 Å². The predicted octanol–water partition coefficient (Wildman–Crippen LogP) is 3.03. The molecule has 0 spiro atoms. The van der Waals surface area contributed by atoms with Crippen LogP contribution in [0.25, 0.3) is 11.4 Å². The fourth-order valence-electron chi connectivity index (χ4n) is 2.64. The van der Waals surface area contributed by atoms with Gasteiger partial charge in [0.1, 0.15) is 5.82 Å². The minimum Gasteiger partial charge on any atom is -0.398 e. The van der Waals surface area contributed by atoms with Crippen molar-refractivity contribution in [1.82, 2.24) is 9.55 Å². The van der Waals surface area contributed by atoms with Crippen molar-refractivity contribution in [2.24, 2.45) is 0 Å². The molecule has 1 unspecified atom stereocenters. The second-order valence-corrected chi connectivity index (χ2v) is 4.79. The Balaban J connectivity index is 2.14. The highest BCUT2D eigenvalue weighted by Gasteiger charge is 2.21. The first-order chi connectivity index (χ1) is 8.27. The van der Waals surface area contributed by atoms with Crippen LogP contribution in [0.4, 0.5) is 5.69 Å². The lowest BCUT2D eigenvalue weighted by Crippen LogP contribution is -2.14. The number of nitrogens with two attached hydrogens (primary N) is 1. The molecule has 2 N–H and O–H groups in total. The molecule has 1 aliphatic rings. The van der Waals surface area contributed by atoms with Gasteiger partial charge in [-0.25, -0.2) is 4.98 Å². The van der Waals surface area contributed by atoms with E-state index in [1.807, 2.05) is 30.5 Å². The summed E-state index contributed by atoms with van der Waals surface area (Å²) in [5.74, 6) is 1.62. The summed E-state index contributed by atoms with van der Waals surface area (Å²) in [6, 6.07) is 7.95. The monoisotopic (exact) mass is 227 g/mol. The zero-order valence-corrected chi connectivity index (χ0v) is 10.1. The molecule has 1 aromatic heterocycles. The van der Waals surface area contributed by atoms with Crippen LogP contribution < -0.4 is 5.73 Å². The molecule has 1 atom stereocenters. The van der Waals surface area contributed by atoms with Gasteiger partial charge in [-0.2, -0.15) is 0 Å². The molecule has 3 heteroatoms. The van der Waals surface area contributed by atoms with E-state index in [1.54, 1.807) is 0 Å². The third-order valence-electron chi connectivity index (χ3n) is 3.61. The van der Waals surface area contributed by atoms with E-state index >= 15 is 0 Å². The van der Waals surface area contributed by atoms with Gasteiger partial charge in [0.2, 0.25) is 0 Å². The van der Waals surface area contributed by atoms with Gasteiger partial charge in [-0.15, -0.1) is 0 Å². The van der Waals surface area contributed by atoms with Crippen molar-refractivity contribution in [1.29, 1.82) is 0 Å². The number of nitrogens with zero attached hydrogens (tertiary/aromatic N) is 2. The van der Waals surface area contributed by atoms with Crippen LogP contribution in [0.15, 0.2) is 30.5 Å². The molecular weight excluding hydrogens is 210 g/mol. The zero-order valence-electron chi connectivity index (χ0n) is 10.1. The maximum Gasteiger partial charge on any atom is 0.142 e. The Kier molecular flexibility index (Phi) is 2.39. The largest absolute Gasteiger partial charge is 0.398 e. The molecule has 1 aromatic carbocycles. The highest BCUT2D eigenvalue weighted by molar-refractivity contribution is 5.71. The average molecular weight is 227 g/mol. The molecule has 0 aliphatic carbocycles. The second kappa shape index (κ2) is 3.91. The molecule has 2 heterocycles. The molecule has 88 valence electrons. The van der Waals surface area contributed by atoms with Gasteiger partial charge in [-0.3, -0.25) is 0 Å². The number of imidazole rings is 1. The first-order valence-corrected chi connectivity index (χ1v) is 6.17. The Bertz CT molecular complexity index is 542. The minimum absolute atomic E-state index is 0.606. The minimum atomic E-state index is 0.606. The maximum atomic E-state index is 6.03. The van der Waals surface area contributed by atoms with Crippen LogP contribution in [0.3, 0.4) is 0 Å². The van der Waals surface area contributed by atoms with Gasteiger partial charge in [-0.05, 0) is 30.9 Å². The summed E-state index contributed by atoms with van der Waals surface area (Å²) in [4.78, 5) is 4.56. The smallest absolute Gasteiger partial charge is 0.142 e. The summed E-state index contributed by atoms with van der Waals surface area (Å²) in [5, 5.41) is 0. The van der Waals surface area contributed by atoms with Gasteiger partial charge in [0.15, 0.2) is 0 Å². The van der Waals surface area contributed by atoms with Crippen LogP contribution in [0.1, 0.15) is 31.4 Å². The van der Waals surface area contributed by atoms with Gasteiger partial charge in [0.05, 0.1) is 0 Å². The van der Waals surface area contributed by atoms with Gasteiger partial charge in [-0.1, -0.05) is 19.1 Å². The summed E-state index contributed by atoms with van der Waals surface area (Å²) in [7, 11) is 0. The highest BCUT2D eigenvalue weighted by atomic mass is 15.1. The first-order valence-electron chi connectivity index (χ1n) is 6.17. The van der Waals surface area contributed by atoms with Crippen LogP contribution >= 0.6 is 0 Å². The predicted molar refractivity (Wildman–Crippen MR) is 69.7 cm³/mol. The van der Waals surface area contributed by atoms with Crippen LogP contribution in [-0.4, -0.2) is 9.55 Å². The van der Waals surface area contributed by atoms with E-state index in [-0.39, 0.29) is 0 Å². The molecule has 0 saturated carbocycles. The van der Waals surface area contributed by atoms with Gasteiger partial charge in [0.25, 0.3) is 0 Å². The summed E-state index contributed by atoms with van der Waals surface area (Å²) in [6.07, 6.45) is 4.49. The number of hydrogen-bond acceptors (Lipinski definition) is 2. The molecule has 2 aromatic rings. The normalized spacial score (nSPS) is 19.0. The number of nitrogen functional groups attached to an aromatic ring is 1. The Morgan fingerprint density at radius 2 is 2.18 bits per heavy atom.